The van der Waals surface area contributed by atoms with Gasteiger partial charge in [-0.3, -0.25) is 0 Å². The molecule has 0 aromatic heterocycles. The Hall–Kier alpha value is -3.14. The zero-order valence-corrected chi connectivity index (χ0v) is 13.5. The molecule has 0 atom stereocenters. The van der Waals surface area contributed by atoms with Crippen molar-refractivity contribution in [3.05, 3.63) is 100 Å². The lowest BCUT2D eigenvalue weighted by Crippen LogP contribution is -1.64. The van der Waals surface area contributed by atoms with Crippen LogP contribution in [-0.4, -0.2) is 0 Å². The maximum Gasteiger partial charge on any atom is 0.0857 e. The van der Waals surface area contributed by atoms with Crippen molar-refractivity contribution in [2.75, 3.05) is 0 Å². The summed E-state index contributed by atoms with van der Waals surface area (Å²) >= 11 is 5.54. The van der Waals surface area contributed by atoms with E-state index >= 15 is 0 Å². The Bertz CT molecular complexity index is 811. The Morgan fingerprint density at radius 3 is 1.54 bits per heavy atom. The third kappa shape index (κ3) is 6.32. The number of hydrogen-bond acceptors (Lipinski definition) is 3. The number of rotatable bonds is 3. The maximum absolute atomic E-state index is 8.26. The van der Waals surface area contributed by atoms with Crippen LogP contribution in [0.5, 0.6) is 0 Å². The van der Waals surface area contributed by atoms with Crippen LogP contribution in [0.2, 0.25) is 5.02 Å². The predicted molar refractivity (Wildman–Crippen MR) is 97.3 cm³/mol. The van der Waals surface area contributed by atoms with E-state index in [9.17, 15) is 0 Å². The van der Waals surface area contributed by atoms with Crippen molar-refractivity contribution in [2.24, 2.45) is 15.3 Å². The minimum Gasteiger partial charge on any atom is -0.151 e. The monoisotopic (exact) mass is 335 g/mol. The third-order valence-electron chi connectivity index (χ3n) is 2.78. The molecule has 0 aliphatic carbocycles. The van der Waals surface area contributed by atoms with E-state index in [1.54, 1.807) is 24.3 Å². The average Bonchev–Trinajstić information content (AvgIpc) is 2.63. The van der Waals surface area contributed by atoms with Gasteiger partial charge in [0.25, 0.3) is 0 Å². The second-order valence-corrected chi connectivity index (χ2v) is 4.97. The maximum atomic E-state index is 8.26. The molecule has 3 aromatic rings. The van der Waals surface area contributed by atoms with Gasteiger partial charge in [-0.2, -0.15) is 10.2 Å². The predicted octanol–water partition coefficient (Wildman–Crippen LogP) is 7.38. The molecule has 0 spiro atoms. The molecule has 5 nitrogen and oxygen atoms in total. The minimum atomic E-state index is 0.561. The van der Waals surface area contributed by atoms with Crippen LogP contribution in [0.4, 0.5) is 17.1 Å². The quantitative estimate of drug-likeness (QED) is 0.272. The highest BCUT2D eigenvalue weighted by atomic mass is 35.5. The van der Waals surface area contributed by atoms with E-state index in [-0.39, 0.29) is 0 Å². The zero-order chi connectivity index (χ0) is 17.0. The lowest BCUT2D eigenvalue weighted by atomic mass is 10.3. The topological polar surface area (TPSA) is 73.5 Å². The molecule has 6 heteroatoms. The van der Waals surface area contributed by atoms with Crippen molar-refractivity contribution < 1.29 is 0 Å². The molecular formula is C18H14ClN5. The summed E-state index contributed by atoms with van der Waals surface area (Å²) in [7, 11) is 0. The molecule has 3 rings (SSSR count). The lowest BCUT2D eigenvalue weighted by Gasteiger charge is -1.93. The van der Waals surface area contributed by atoms with Crippen LogP contribution in [0, 0.1) is 0 Å². The summed E-state index contributed by atoms with van der Waals surface area (Å²) in [5.74, 6) is 0. The van der Waals surface area contributed by atoms with Crippen LogP contribution in [0.15, 0.2) is 100 Å². The van der Waals surface area contributed by atoms with Crippen molar-refractivity contribution in [1.82, 2.24) is 0 Å². The number of benzene rings is 3. The van der Waals surface area contributed by atoms with Gasteiger partial charge in [-0.1, -0.05) is 65.2 Å². The number of azide groups is 1. The highest BCUT2D eigenvalue weighted by molar-refractivity contribution is 6.30. The molecule has 0 heterocycles. The standard InChI is InChI=1S/C12H9N5.C6H5Cl/c13-17-16-12-8-6-11(7-9-12)15-14-10-4-2-1-3-5-10;7-6-4-2-1-3-5-6/h1-9H;1-5H. The second kappa shape index (κ2) is 9.79. The van der Waals surface area contributed by atoms with Crippen molar-refractivity contribution >= 4 is 28.7 Å². The minimum absolute atomic E-state index is 0.561. The molecule has 0 bridgehead atoms. The van der Waals surface area contributed by atoms with E-state index in [0.717, 1.165) is 10.7 Å². The van der Waals surface area contributed by atoms with Gasteiger partial charge in [0.15, 0.2) is 0 Å². The fourth-order valence-corrected chi connectivity index (χ4v) is 1.81. The van der Waals surface area contributed by atoms with Crippen molar-refractivity contribution in [3.63, 3.8) is 0 Å². The zero-order valence-electron chi connectivity index (χ0n) is 12.7. The number of halogens is 1. The van der Waals surface area contributed by atoms with Gasteiger partial charge in [0.1, 0.15) is 0 Å². The van der Waals surface area contributed by atoms with Gasteiger partial charge in [0.2, 0.25) is 0 Å². The van der Waals surface area contributed by atoms with Crippen LogP contribution in [-0.2, 0) is 0 Å². The van der Waals surface area contributed by atoms with Gasteiger partial charge >= 0.3 is 0 Å². The third-order valence-corrected chi connectivity index (χ3v) is 3.03. The first-order valence-corrected chi connectivity index (χ1v) is 7.48. The molecule has 0 saturated heterocycles. The number of nitrogens with zero attached hydrogens (tertiary/aromatic N) is 5. The summed E-state index contributed by atoms with van der Waals surface area (Å²) in [6.45, 7) is 0. The smallest absolute Gasteiger partial charge is 0.0857 e. The molecule has 0 unspecified atom stereocenters. The molecule has 0 fully saturated rings. The highest BCUT2D eigenvalue weighted by Gasteiger charge is 1.91. The van der Waals surface area contributed by atoms with Crippen molar-refractivity contribution in [1.29, 1.82) is 0 Å². The SMILES string of the molecule is Clc1ccccc1.[N-]=[N+]=Nc1ccc(N=Nc2ccccc2)cc1. The van der Waals surface area contributed by atoms with Gasteiger partial charge < -0.3 is 0 Å². The second-order valence-electron chi connectivity index (χ2n) is 4.54. The average molecular weight is 336 g/mol. The summed E-state index contributed by atoms with van der Waals surface area (Å²) in [4.78, 5) is 2.70. The van der Waals surface area contributed by atoms with Crippen LogP contribution in [0.25, 0.3) is 10.4 Å². The molecule has 118 valence electrons. The Morgan fingerprint density at radius 2 is 1.08 bits per heavy atom. The Balaban J connectivity index is 0.000000249. The Morgan fingerprint density at radius 1 is 0.625 bits per heavy atom. The van der Waals surface area contributed by atoms with Gasteiger partial charge in [0, 0.05) is 15.6 Å². The fourth-order valence-electron chi connectivity index (χ4n) is 1.66. The van der Waals surface area contributed by atoms with Crippen molar-refractivity contribution in [2.45, 2.75) is 0 Å². The first-order chi connectivity index (χ1) is 11.8. The Kier molecular flexibility index (Phi) is 7.02. The van der Waals surface area contributed by atoms with E-state index in [1.807, 2.05) is 60.7 Å². The van der Waals surface area contributed by atoms with E-state index in [2.05, 4.69) is 20.3 Å². The molecular weight excluding hydrogens is 322 g/mol. The molecule has 0 saturated carbocycles. The summed E-state index contributed by atoms with van der Waals surface area (Å²) in [5, 5.41) is 12.4. The van der Waals surface area contributed by atoms with E-state index in [1.165, 1.54) is 0 Å². The van der Waals surface area contributed by atoms with E-state index in [4.69, 9.17) is 17.1 Å². The first kappa shape index (κ1) is 17.2. The first-order valence-electron chi connectivity index (χ1n) is 7.10. The molecule has 0 N–H and O–H groups in total. The molecule has 24 heavy (non-hydrogen) atoms. The van der Waals surface area contributed by atoms with Crippen LogP contribution in [0.1, 0.15) is 0 Å². The van der Waals surface area contributed by atoms with Crippen molar-refractivity contribution in [3.8, 4) is 0 Å². The molecule has 0 aliphatic heterocycles. The number of azo groups is 1. The molecule has 0 amide bonds. The summed E-state index contributed by atoms with van der Waals surface area (Å²) in [6, 6.07) is 25.8. The lowest BCUT2D eigenvalue weighted by molar-refractivity contribution is 1.23. The molecule has 0 aliphatic rings. The fraction of sp³-hybridized carbons (Fsp3) is 0. The van der Waals surface area contributed by atoms with E-state index < -0.39 is 0 Å². The van der Waals surface area contributed by atoms with Gasteiger partial charge in [-0.05, 0) is 41.9 Å². The molecule has 0 radical (unpaired) electrons. The van der Waals surface area contributed by atoms with Gasteiger partial charge in [-0.25, -0.2) is 0 Å². The summed E-state index contributed by atoms with van der Waals surface area (Å²) < 4.78 is 0. The highest BCUT2D eigenvalue weighted by Crippen LogP contribution is 2.21. The van der Waals surface area contributed by atoms with Crippen LogP contribution >= 0.6 is 11.6 Å². The van der Waals surface area contributed by atoms with Crippen LogP contribution in [0.3, 0.4) is 0 Å². The number of hydrogen-bond donors (Lipinski definition) is 0. The van der Waals surface area contributed by atoms with Crippen LogP contribution < -0.4 is 0 Å². The summed E-state index contributed by atoms with van der Waals surface area (Å²) in [6.07, 6.45) is 0. The van der Waals surface area contributed by atoms with E-state index in [0.29, 0.717) is 11.4 Å². The molecule has 3 aromatic carbocycles. The largest absolute Gasteiger partial charge is 0.151 e. The summed E-state index contributed by atoms with van der Waals surface area (Å²) in [5.41, 5.74) is 10.3. The van der Waals surface area contributed by atoms with Gasteiger partial charge in [0.05, 0.1) is 11.4 Å². The van der Waals surface area contributed by atoms with Gasteiger partial charge in [-0.15, -0.1) is 0 Å². The Labute approximate surface area is 144 Å². The normalized spacial score (nSPS) is 9.71.